The summed E-state index contributed by atoms with van der Waals surface area (Å²) in [6, 6.07) is 0. The summed E-state index contributed by atoms with van der Waals surface area (Å²) in [5, 5.41) is 0. The predicted molar refractivity (Wildman–Crippen MR) is 39.6 cm³/mol. The highest BCUT2D eigenvalue weighted by Crippen LogP contribution is 2.29. The van der Waals surface area contributed by atoms with Crippen LogP contribution in [0.25, 0.3) is 0 Å². The maximum absolute atomic E-state index is 12.9. The molecule has 0 aliphatic carbocycles. The summed E-state index contributed by atoms with van der Waals surface area (Å²) in [6.45, 7) is 6.13. The van der Waals surface area contributed by atoms with Crippen molar-refractivity contribution in [1.82, 2.24) is 0 Å². The van der Waals surface area contributed by atoms with E-state index >= 15 is 0 Å². The molecule has 62 valence electrons. The minimum Gasteiger partial charge on any atom is -0.248 e. The molecule has 0 aromatic heterocycles. The first-order valence-electron chi connectivity index (χ1n) is 3.52. The van der Waals surface area contributed by atoms with Crippen LogP contribution in [0.2, 0.25) is 0 Å². The van der Waals surface area contributed by atoms with Gasteiger partial charge in [-0.2, -0.15) is 0 Å². The zero-order valence-electron chi connectivity index (χ0n) is 7.17. The molecule has 0 aliphatic heterocycles. The van der Waals surface area contributed by atoms with Gasteiger partial charge in [-0.05, 0) is 18.8 Å². The van der Waals surface area contributed by atoms with E-state index in [-0.39, 0.29) is 11.8 Å². The zero-order valence-corrected chi connectivity index (χ0v) is 7.17. The molecule has 10 heavy (non-hydrogen) atoms. The molecule has 0 saturated heterocycles. The Morgan fingerprint density at radius 3 is 1.60 bits per heavy atom. The van der Waals surface area contributed by atoms with Crippen LogP contribution in [0.1, 0.15) is 34.1 Å². The van der Waals surface area contributed by atoms with Crippen molar-refractivity contribution in [2.24, 2.45) is 5.41 Å². The van der Waals surface area contributed by atoms with Gasteiger partial charge in [-0.1, -0.05) is 20.8 Å². The molecule has 0 aliphatic rings. The molecule has 0 rings (SSSR count). The Bertz CT molecular complexity index is 100. The fourth-order valence-electron chi connectivity index (χ4n) is 1.15. The summed E-state index contributed by atoms with van der Waals surface area (Å²) >= 11 is 0. The maximum Gasteiger partial charge on any atom is 0.136 e. The molecule has 0 fully saturated rings. The molecule has 0 spiro atoms. The summed E-state index contributed by atoms with van der Waals surface area (Å²) in [7, 11) is 0. The van der Waals surface area contributed by atoms with Crippen molar-refractivity contribution in [2.75, 3.05) is 6.67 Å². The molecule has 0 aromatic carbocycles. The fourth-order valence-corrected chi connectivity index (χ4v) is 1.15. The number of hydrogen-bond acceptors (Lipinski definition) is 0. The molecule has 0 radical (unpaired) electrons. The number of alkyl halides is 2. The van der Waals surface area contributed by atoms with Gasteiger partial charge in [0.2, 0.25) is 0 Å². The van der Waals surface area contributed by atoms with E-state index < -0.39 is 12.3 Å². The van der Waals surface area contributed by atoms with Gasteiger partial charge in [0.25, 0.3) is 0 Å². The minimum absolute atomic E-state index is 0.129. The van der Waals surface area contributed by atoms with E-state index in [2.05, 4.69) is 0 Å². The monoisotopic (exact) mass is 150 g/mol. The fraction of sp³-hybridized carbons (Fsp3) is 1.00. The first-order chi connectivity index (χ1) is 4.27. The van der Waals surface area contributed by atoms with Crippen molar-refractivity contribution in [3.63, 3.8) is 0 Å². The van der Waals surface area contributed by atoms with Crippen molar-refractivity contribution < 1.29 is 8.78 Å². The molecule has 0 saturated carbocycles. The lowest BCUT2D eigenvalue weighted by Crippen LogP contribution is -2.27. The highest BCUT2D eigenvalue weighted by molar-refractivity contribution is 4.78. The second-order valence-corrected chi connectivity index (χ2v) is 4.28. The van der Waals surface area contributed by atoms with Gasteiger partial charge in [0.15, 0.2) is 0 Å². The quantitative estimate of drug-likeness (QED) is 0.567. The van der Waals surface area contributed by atoms with Crippen LogP contribution in [0.15, 0.2) is 0 Å². The SMILES string of the molecule is CC(C)(C)CC(C)(F)CF. The molecule has 0 bridgehead atoms. The van der Waals surface area contributed by atoms with Crippen LogP contribution in [0, 0.1) is 5.41 Å². The van der Waals surface area contributed by atoms with Crippen LogP contribution in [0.4, 0.5) is 8.78 Å². The summed E-state index contributed by atoms with van der Waals surface area (Å²) < 4.78 is 24.9. The first-order valence-corrected chi connectivity index (χ1v) is 3.52. The first kappa shape index (κ1) is 9.86. The standard InChI is InChI=1S/C8H16F2/c1-7(2,3)5-8(4,10)6-9/h5-6H2,1-4H3. The van der Waals surface area contributed by atoms with E-state index in [0.717, 1.165) is 0 Å². The summed E-state index contributed by atoms with van der Waals surface area (Å²) in [6.07, 6.45) is 0.274. The second-order valence-electron chi connectivity index (χ2n) is 4.28. The van der Waals surface area contributed by atoms with Crippen molar-refractivity contribution in [3.05, 3.63) is 0 Å². The normalized spacial score (nSPS) is 18.6. The zero-order chi connectivity index (χ0) is 8.41. The Balaban J connectivity index is 3.89. The largest absolute Gasteiger partial charge is 0.248 e. The van der Waals surface area contributed by atoms with E-state index in [1.807, 2.05) is 20.8 Å². The average Bonchev–Trinajstić information content (AvgIpc) is 1.60. The number of halogens is 2. The molecular weight excluding hydrogens is 134 g/mol. The second kappa shape index (κ2) is 2.85. The van der Waals surface area contributed by atoms with E-state index in [4.69, 9.17) is 0 Å². The van der Waals surface area contributed by atoms with Gasteiger partial charge in [-0.25, -0.2) is 8.78 Å². The highest BCUT2D eigenvalue weighted by atomic mass is 19.2. The third-order valence-corrected chi connectivity index (χ3v) is 1.18. The molecule has 0 heterocycles. The Labute approximate surface area is 61.6 Å². The van der Waals surface area contributed by atoms with Gasteiger partial charge < -0.3 is 0 Å². The number of rotatable bonds is 2. The van der Waals surface area contributed by atoms with E-state index in [1.165, 1.54) is 6.92 Å². The predicted octanol–water partition coefficient (Wildman–Crippen LogP) is 3.12. The molecule has 0 N–H and O–H groups in total. The average molecular weight is 150 g/mol. The van der Waals surface area contributed by atoms with E-state index in [1.54, 1.807) is 0 Å². The lowest BCUT2D eigenvalue weighted by molar-refractivity contribution is 0.0873. The molecule has 2 heteroatoms. The van der Waals surface area contributed by atoms with Gasteiger partial charge in [0.1, 0.15) is 12.3 Å². The molecule has 0 amide bonds. The van der Waals surface area contributed by atoms with Crippen LogP contribution >= 0.6 is 0 Å². The van der Waals surface area contributed by atoms with Gasteiger partial charge in [0, 0.05) is 0 Å². The van der Waals surface area contributed by atoms with E-state index in [0.29, 0.717) is 0 Å². The summed E-state index contributed by atoms with van der Waals surface area (Å²) in [5.41, 5.74) is -1.77. The van der Waals surface area contributed by atoms with Crippen LogP contribution in [0.3, 0.4) is 0 Å². The van der Waals surface area contributed by atoms with Crippen molar-refractivity contribution >= 4 is 0 Å². The Hall–Kier alpha value is -0.140. The van der Waals surface area contributed by atoms with Gasteiger partial charge in [-0.3, -0.25) is 0 Å². The summed E-state index contributed by atoms with van der Waals surface area (Å²) in [5.74, 6) is 0. The topological polar surface area (TPSA) is 0 Å². The van der Waals surface area contributed by atoms with Crippen LogP contribution in [-0.2, 0) is 0 Å². The van der Waals surface area contributed by atoms with Gasteiger partial charge in [-0.15, -0.1) is 0 Å². The Kier molecular flexibility index (Phi) is 2.81. The third kappa shape index (κ3) is 4.71. The molecular formula is C8H16F2. The molecule has 1 unspecified atom stereocenters. The van der Waals surface area contributed by atoms with Crippen LogP contribution < -0.4 is 0 Å². The van der Waals surface area contributed by atoms with Crippen molar-refractivity contribution in [1.29, 1.82) is 0 Å². The van der Waals surface area contributed by atoms with Crippen molar-refractivity contribution in [3.8, 4) is 0 Å². The smallest absolute Gasteiger partial charge is 0.136 e. The molecule has 1 atom stereocenters. The molecule has 0 nitrogen and oxygen atoms in total. The highest BCUT2D eigenvalue weighted by Gasteiger charge is 2.29. The molecule has 0 aromatic rings. The van der Waals surface area contributed by atoms with E-state index in [9.17, 15) is 8.78 Å². The lowest BCUT2D eigenvalue weighted by Gasteiger charge is -2.26. The third-order valence-electron chi connectivity index (χ3n) is 1.18. The lowest BCUT2D eigenvalue weighted by atomic mass is 9.84. The van der Waals surface area contributed by atoms with Gasteiger partial charge >= 0.3 is 0 Å². The Morgan fingerprint density at radius 1 is 1.10 bits per heavy atom. The van der Waals surface area contributed by atoms with Gasteiger partial charge in [0.05, 0.1) is 0 Å². The minimum atomic E-state index is -1.64. The Morgan fingerprint density at radius 2 is 1.50 bits per heavy atom. The maximum atomic E-state index is 12.9. The van der Waals surface area contributed by atoms with Crippen molar-refractivity contribution in [2.45, 2.75) is 39.8 Å². The van der Waals surface area contributed by atoms with Crippen LogP contribution in [-0.4, -0.2) is 12.3 Å². The summed E-state index contributed by atoms with van der Waals surface area (Å²) in [4.78, 5) is 0. The van der Waals surface area contributed by atoms with Crippen LogP contribution in [0.5, 0.6) is 0 Å². The number of hydrogen-bond donors (Lipinski definition) is 0.